The van der Waals surface area contributed by atoms with E-state index >= 15 is 0 Å². The molecular weight excluding hydrogens is 609 g/mol. The third kappa shape index (κ3) is 6.25. The molecule has 9 heteroatoms. The first kappa shape index (κ1) is 27.1. The van der Waals surface area contributed by atoms with E-state index in [1.807, 2.05) is 36.4 Å². The number of fused-ring (bicyclic) bond motifs is 2. The molecule has 8 nitrogen and oxygen atoms in total. The van der Waals surface area contributed by atoms with Gasteiger partial charge < -0.3 is 25.5 Å². The fourth-order valence-electron chi connectivity index (χ4n) is 4.64. The Kier molecular flexibility index (Phi) is 7.39. The molecule has 0 radical (unpaired) electrons. The average Bonchev–Trinajstić information content (AvgIpc) is 3.67. The molecule has 0 bridgehead atoms. The molecule has 3 aromatic carbocycles. The third-order valence-electron chi connectivity index (χ3n) is 6.81. The van der Waals surface area contributed by atoms with Crippen molar-refractivity contribution in [2.45, 2.75) is 44.8 Å². The lowest BCUT2D eigenvalue weighted by molar-refractivity contribution is -0.122. The van der Waals surface area contributed by atoms with Gasteiger partial charge in [0.15, 0.2) is 6.61 Å². The lowest BCUT2D eigenvalue weighted by Crippen LogP contribution is -2.39. The van der Waals surface area contributed by atoms with Crippen molar-refractivity contribution in [3.63, 3.8) is 0 Å². The summed E-state index contributed by atoms with van der Waals surface area (Å²) in [6.45, 7) is 3.06. The highest BCUT2D eigenvalue weighted by molar-refractivity contribution is 14.1. The molecule has 202 valence electrons. The van der Waals surface area contributed by atoms with E-state index in [0.29, 0.717) is 11.5 Å². The zero-order valence-electron chi connectivity index (χ0n) is 21.8. The summed E-state index contributed by atoms with van der Waals surface area (Å²) in [5.74, 6) is -0.437. The average molecular weight is 639 g/mol. The fraction of sp³-hybridized carbons (Fsp3) is 0.300. The third-order valence-corrected chi connectivity index (χ3v) is 7.48. The first-order chi connectivity index (χ1) is 18.5. The summed E-state index contributed by atoms with van der Waals surface area (Å²) in [5, 5.41) is 15.1. The SMILES string of the molecule is CC(C)(O)CNC(=O)Cn1cc(C(=O)COc2cc3ccc(I)cc3cc2C(N)=O)c2ccc(C3CC3)cc21. The van der Waals surface area contributed by atoms with Crippen LogP contribution in [0.15, 0.2) is 54.7 Å². The minimum atomic E-state index is -1.03. The largest absolute Gasteiger partial charge is 0.485 e. The summed E-state index contributed by atoms with van der Waals surface area (Å²) in [6, 6.07) is 15.2. The predicted octanol–water partition coefficient (Wildman–Crippen LogP) is 4.52. The summed E-state index contributed by atoms with van der Waals surface area (Å²) in [5.41, 5.74) is 7.20. The second-order valence-corrected chi connectivity index (χ2v) is 12.0. The first-order valence-corrected chi connectivity index (χ1v) is 13.9. The van der Waals surface area contributed by atoms with Gasteiger partial charge in [0, 0.05) is 32.8 Å². The molecule has 0 atom stereocenters. The Labute approximate surface area is 239 Å². The van der Waals surface area contributed by atoms with E-state index in [-0.39, 0.29) is 42.7 Å². The Balaban J connectivity index is 1.42. The zero-order chi connectivity index (χ0) is 27.9. The predicted molar refractivity (Wildman–Crippen MR) is 158 cm³/mol. The number of carbonyl (C=O) groups excluding carboxylic acids is 3. The van der Waals surface area contributed by atoms with Crippen molar-refractivity contribution in [1.82, 2.24) is 9.88 Å². The second-order valence-electron chi connectivity index (χ2n) is 10.7. The molecule has 1 aliphatic carbocycles. The van der Waals surface area contributed by atoms with Gasteiger partial charge in [-0.2, -0.15) is 0 Å². The highest BCUT2D eigenvalue weighted by atomic mass is 127. The number of aliphatic hydroxyl groups is 1. The summed E-state index contributed by atoms with van der Waals surface area (Å²) in [6.07, 6.45) is 3.93. The number of halogens is 1. The number of ketones is 1. The highest BCUT2D eigenvalue weighted by Crippen LogP contribution is 2.41. The van der Waals surface area contributed by atoms with Crippen LogP contribution in [0.5, 0.6) is 5.75 Å². The first-order valence-electron chi connectivity index (χ1n) is 12.8. The van der Waals surface area contributed by atoms with Crippen LogP contribution < -0.4 is 15.8 Å². The summed E-state index contributed by atoms with van der Waals surface area (Å²) >= 11 is 2.20. The van der Waals surface area contributed by atoms with E-state index in [1.54, 1.807) is 36.7 Å². The number of ether oxygens (including phenoxy) is 1. The van der Waals surface area contributed by atoms with Gasteiger partial charge in [0.1, 0.15) is 12.3 Å². The lowest BCUT2D eigenvalue weighted by atomic mass is 10.0. The van der Waals surface area contributed by atoms with Gasteiger partial charge in [0.05, 0.1) is 11.2 Å². The fourth-order valence-corrected chi connectivity index (χ4v) is 5.15. The molecule has 0 unspecified atom stereocenters. The van der Waals surface area contributed by atoms with Gasteiger partial charge in [-0.05, 0) is 102 Å². The Morgan fingerprint density at radius 1 is 1.08 bits per heavy atom. The Morgan fingerprint density at radius 3 is 2.54 bits per heavy atom. The standard InChI is InChI=1S/C30H30IN3O5/c1-30(2,38)16-33-28(36)14-34-13-24(22-8-6-18(11-25(22)34)17-3-4-17)26(35)15-39-27-12-19-5-7-21(31)9-20(19)10-23(27)29(32)37/h5-13,17,38H,3-4,14-16H2,1-2H3,(H2,32,37)(H,33,36). The van der Waals surface area contributed by atoms with Crippen LogP contribution in [0.3, 0.4) is 0 Å². The van der Waals surface area contributed by atoms with E-state index in [9.17, 15) is 19.5 Å². The maximum absolute atomic E-state index is 13.4. The molecule has 5 rings (SSSR count). The molecule has 0 spiro atoms. The van der Waals surface area contributed by atoms with Gasteiger partial charge in [-0.1, -0.05) is 18.2 Å². The lowest BCUT2D eigenvalue weighted by Gasteiger charge is -2.17. The summed E-state index contributed by atoms with van der Waals surface area (Å²) in [7, 11) is 0. The minimum absolute atomic E-state index is 0.00410. The van der Waals surface area contributed by atoms with Gasteiger partial charge in [-0.15, -0.1) is 0 Å². The van der Waals surface area contributed by atoms with Crippen LogP contribution >= 0.6 is 22.6 Å². The number of amides is 2. The van der Waals surface area contributed by atoms with E-state index in [4.69, 9.17) is 10.5 Å². The Morgan fingerprint density at radius 2 is 1.85 bits per heavy atom. The van der Waals surface area contributed by atoms with Crippen LogP contribution in [0.4, 0.5) is 0 Å². The molecule has 1 aliphatic rings. The minimum Gasteiger partial charge on any atom is -0.485 e. The van der Waals surface area contributed by atoms with Gasteiger partial charge >= 0.3 is 0 Å². The number of nitrogens with two attached hydrogens (primary N) is 1. The summed E-state index contributed by atoms with van der Waals surface area (Å²) in [4.78, 5) is 38.2. The monoisotopic (exact) mass is 639 g/mol. The number of hydrogen-bond acceptors (Lipinski definition) is 5. The van der Waals surface area contributed by atoms with Crippen LogP contribution in [-0.4, -0.2) is 46.0 Å². The molecule has 1 saturated carbocycles. The molecule has 2 amide bonds. The van der Waals surface area contributed by atoms with Crippen molar-refractivity contribution in [2.75, 3.05) is 13.2 Å². The number of primary amides is 1. The normalized spacial score (nSPS) is 13.5. The molecule has 0 saturated heterocycles. The molecule has 1 aromatic heterocycles. The number of rotatable bonds is 10. The smallest absolute Gasteiger partial charge is 0.252 e. The molecular formula is C30H30IN3O5. The topological polar surface area (TPSA) is 124 Å². The summed E-state index contributed by atoms with van der Waals surface area (Å²) < 4.78 is 8.66. The number of aromatic nitrogens is 1. The molecule has 1 heterocycles. The van der Waals surface area contributed by atoms with Crippen LogP contribution in [-0.2, 0) is 11.3 Å². The quantitative estimate of drug-likeness (QED) is 0.174. The van der Waals surface area contributed by atoms with Gasteiger partial charge in [0.2, 0.25) is 11.7 Å². The van der Waals surface area contributed by atoms with Crippen LogP contribution in [0, 0.1) is 3.57 Å². The number of hydrogen-bond donors (Lipinski definition) is 3. The van der Waals surface area contributed by atoms with E-state index in [0.717, 1.165) is 38.1 Å². The van der Waals surface area contributed by atoms with E-state index in [2.05, 4.69) is 27.9 Å². The molecule has 0 aliphatic heterocycles. The number of Topliss-reactive ketones (excluding diaryl/α,β-unsaturated/α-hetero) is 1. The van der Waals surface area contributed by atoms with E-state index < -0.39 is 11.5 Å². The van der Waals surface area contributed by atoms with E-state index in [1.165, 1.54) is 5.56 Å². The van der Waals surface area contributed by atoms with Crippen molar-refractivity contribution < 1.29 is 24.2 Å². The second kappa shape index (κ2) is 10.6. The van der Waals surface area contributed by atoms with Gasteiger partial charge in [-0.25, -0.2) is 0 Å². The maximum atomic E-state index is 13.4. The number of benzene rings is 3. The van der Waals surface area contributed by atoms with Crippen molar-refractivity contribution in [3.8, 4) is 5.75 Å². The molecule has 1 fully saturated rings. The van der Waals surface area contributed by atoms with Crippen LogP contribution in [0.25, 0.3) is 21.7 Å². The Hall–Kier alpha value is -3.44. The number of carbonyl (C=O) groups is 3. The van der Waals surface area contributed by atoms with Crippen molar-refractivity contribution in [1.29, 1.82) is 0 Å². The van der Waals surface area contributed by atoms with Crippen molar-refractivity contribution in [2.24, 2.45) is 5.73 Å². The molecule has 4 aromatic rings. The molecule has 4 N–H and O–H groups in total. The van der Waals surface area contributed by atoms with Crippen molar-refractivity contribution in [3.05, 3.63) is 75.0 Å². The number of nitrogens with one attached hydrogen (secondary N) is 1. The van der Waals surface area contributed by atoms with Crippen LogP contribution in [0.2, 0.25) is 0 Å². The zero-order valence-corrected chi connectivity index (χ0v) is 23.9. The molecule has 39 heavy (non-hydrogen) atoms. The van der Waals surface area contributed by atoms with Crippen LogP contribution in [0.1, 0.15) is 58.9 Å². The maximum Gasteiger partial charge on any atom is 0.252 e. The van der Waals surface area contributed by atoms with Gasteiger partial charge in [0.25, 0.3) is 5.91 Å². The number of nitrogens with zero attached hydrogens (tertiary/aromatic N) is 1. The van der Waals surface area contributed by atoms with Gasteiger partial charge in [-0.3, -0.25) is 14.4 Å². The highest BCUT2D eigenvalue weighted by Gasteiger charge is 2.26. The van der Waals surface area contributed by atoms with Crippen molar-refractivity contribution >= 4 is 61.9 Å². The Bertz CT molecular complexity index is 1610.